The fourth-order valence-corrected chi connectivity index (χ4v) is 3.99. The van der Waals surface area contributed by atoms with Crippen molar-refractivity contribution in [1.29, 1.82) is 0 Å². The highest BCUT2D eigenvalue weighted by Gasteiger charge is 2.28. The zero-order valence-corrected chi connectivity index (χ0v) is 18.1. The summed E-state index contributed by atoms with van der Waals surface area (Å²) < 4.78 is 2.10. The minimum absolute atomic E-state index is 0.133. The summed E-state index contributed by atoms with van der Waals surface area (Å²) in [4.78, 5) is 37.5. The summed E-state index contributed by atoms with van der Waals surface area (Å²) in [6, 6.07) is 4.49. The van der Waals surface area contributed by atoms with Gasteiger partial charge < -0.3 is 16.2 Å². The van der Waals surface area contributed by atoms with E-state index < -0.39 is 22.8 Å². The SMILES string of the molecule is NCCCn1c(=O)cnn(-c2ccc(Cl)c(C(=O)NCC3(O)CCCCCC3)c2)c1=O. The average Bonchev–Trinajstić information content (AvgIpc) is 2.97. The summed E-state index contributed by atoms with van der Waals surface area (Å²) >= 11 is 6.23. The van der Waals surface area contributed by atoms with E-state index in [0.29, 0.717) is 31.5 Å². The first-order chi connectivity index (χ1) is 14.8. The lowest BCUT2D eigenvalue weighted by Gasteiger charge is -2.26. The second kappa shape index (κ2) is 10.2. The number of nitrogens with one attached hydrogen (secondary N) is 1. The van der Waals surface area contributed by atoms with Crippen LogP contribution in [-0.4, -0.2) is 44.1 Å². The molecule has 1 aromatic carbocycles. The van der Waals surface area contributed by atoms with Gasteiger partial charge in [0.2, 0.25) is 0 Å². The van der Waals surface area contributed by atoms with Crippen LogP contribution in [0.2, 0.25) is 5.02 Å². The molecule has 0 aliphatic heterocycles. The molecule has 3 rings (SSSR count). The van der Waals surface area contributed by atoms with Crippen LogP contribution in [0.15, 0.2) is 34.0 Å². The molecule has 31 heavy (non-hydrogen) atoms. The van der Waals surface area contributed by atoms with E-state index in [2.05, 4.69) is 10.4 Å². The summed E-state index contributed by atoms with van der Waals surface area (Å²) in [5.41, 5.74) is 3.87. The number of carbonyl (C=O) groups excluding carboxylic acids is 1. The third kappa shape index (κ3) is 5.61. The van der Waals surface area contributed by atoms with Crippen molar-refractivity contribution in [2.24, 2.45) is 5.73 Å². The van der Waals surface area contributed by atoms with E-state index in [-0.39, 0.29) is 23.7 Å². The van der Waals surface area contributed by atoms with Crippen molar-refractivity contribution in [2.75, 3.05) is 13.1 Å². The number of aromatic nitrogens is 3. The molecule has 0 bridgehead atoms. The van der Waals surface area contributed by atoms with Crippen LogP contribution in [0, 0.1) is 0 Å². The van der Waals surface area contributed by atoms with E-state index in [1.54, 1.807) is 6.07 Å². The first-order valence-corrected chi connectivity index (χ1v) is 10.9. The van der Waals surface area contributed by atoms with Crippen LogP contribution in [0.1, 0.15) is 55.3 Å². The van der Waals surface area contributed by atoms with Crippen molar-refractivity contribution in [3.63, 3.8) is 0 Å². The molecule has 10 heteroatoms. The molecule has 0 spiro atoms. The van der Waals surface area contributed by atoms with Gasteiger partial charge in [-0.1, -0.05) is 37.3 Å². The summed E-state index contributed by atoms with van der Waals surface area (Å²) in [6.07, 6.45) is 6.83. The van der Waals surface area contributed by atoms with Crippen LogP contribution in [0.3, 0.4) is 0 Å². The Morgan fingerprint density at radius 3 is 2.61 bits per heavy atom. The van der Waals surface area contributed by atoms with Gasteiger partial charge in [-0.15, -0.1) is 0 Å². The quantitative estimate of drug-likeness (QED) is 0.544. The van der Waals surface area contributed by atoms with Crippen molar-refractivity contribution in [3.8, 4) is 5.69 Å². The molecular weight excluding hydrogens is 422 g/mol. The van der Waals surface area contributed by atoms with Crippen LogP contribution in [0.4, 0.5) is 0 Å². The molecule has 168 valence electrons. The molecule has 1 amide bonds. The molecule has 0 unspecified atom stereocenters. The fraction of sp³-hybridized carbons (Fsp3) is 0.524. The van der Waals surface area contributed by atoms with Crippen LogP contribution in [0.25, 0.3) is 5.69 Å². The number of rotatable bonds is 7. The first-order valence-electron chi connectivity index (χ1n) is 10.5. The standard InChI is InChI=1S/C21H28ClN5O4/c22-17-7-6-15(27-20(30)26(11-5-10-23)18(28)13-25-27)12-16(17)19(29)24-14-21(31)8-3-1-2-4-9-21/h6-7,12-13,31H,1-5,8-11,14,23H2,(H,24,29). The molecule has 1 heterocycles. The first kappa shape index (κ1) is 23.2. The lowest BCUT2D eigenvalue weighted by atomic mass is 9.94. The van der Waals surface area contributed by atoms with Crippen molar-refractivity contribution in [3.05, 3.63) is 55.8 Å². The normalized spacial score (nSPS) is 16.0. The molecule has 0 atom stereocenters. The largest absolute Gasteiger partial charge is 0.388 e. The summed E-state index contributed by atoms with van der Waals surface area (Å²) in [6.45, 7) is 0.649. The number of nitrogens with two attached hydrogens (primary N) is 1. The van der Waals surface area contributed by atoms with Gasteiger partial charge >= 0.3 is 5.69 Å². The van der Waals surface area contributed by atoms with Crippen molar-refractivity contribution >= 4 is 17.5 Å². The molecule has 4 N–H and O–H groups in total. The smallest absolute Gasteiger partial charge is 0.352 e. The van der Waals surface area contributed by atoms with Crippen molar-refractivity contribution < 1.29 is 9.90 Å². The maximum Gasteiger partial charge on any atom is 0.352 e. The number of carbonyl (C=O) groups is 1. The van der Waals surface area contributed by atoms with Crippen molar-refractivity contribution in [1.82, 2.24) is 19.7 Å². The Kier molecular flexibility index (Phi) is 7.64. The highest BCUT2D eigenvalue weighted by atomic mass is 35.5. The highest BCUT2D eigenvalue weighted by molar-refractivity contribution is 6.33. The lowest BCUT2D eigenvalue weighted by Crippen LogP contribution is -2.42. The monoisotopic (exact) mass is 449 g/mol. The minimum atomic E-state index is -0.923. The highest BCUT2D eigenvalue weighted by Crippen LogP contribution is 2.26. The maximum absolute atomic E-state index is 12.8. The number of hydrogen-bond acceptors (Lipinski definition) is 6. The number of halogens is 1. The van der Waals surface area contributed by atoms with E-state index in [1.165, 1.54) is 12.1 Å². The van der Waals surface area contributed by atoms with E-state index in [9.17, 15) is 19.5 Å². The summed E-state index contributed by atoms with van der Waals surface area (Å²) in [5.74, 6) is -0.450. The summed E-state index contributed by atoms with van der Waals surface area (Å²) in [7, 11) is 0. The molecular formula is C21H28ClN5O4. The minimum Gasteiger partial charge on any atom is -0.388 e. The van der Waals surface area contributed by atoms with Crippen LogP contribution >= 0.6 is 11.6 Å². The van der Waals surface area contributed by atoms with Gasteiger partial charge in [-0.05, 0) is 44.0 Å². The van der Waals surface area contributed by atoms with Gasteiger partial charge in [-0.2, -0.15) is 9.78 Å². The zero-order valence-electron chi connectivity index (χ0n) is 17.3. The van der Waals surface area contributed by atoms with E-state index >= 15 is 0 Å². The van der Waals surface area contributed by atoms with E-state index in [1.807, 2.05) is 0 Å². The number of benzene rings is 1. The second-order valence-electron chi connectivity index (χ2n) is 7.96. The Morgan fingerprint density at radius 1 is 1.23 bits per heavy atom. The van der Waals surface area contributed by atoms with Gasteiger partial charge in [0.05, 0.1) is 21.9 Å². The third-order valence-electron chi connectivity index (χ3n) is 5.60. The molecule has 9 nitrogen and oxygen atoms in total. The van der Waals surface area contributed by atoms with Gasteiger partial charge in [0, 0.05) is 13.1 Å². The second-order valence-corrected chi connectivity index (χ2v) is 8.36. The Bertz CT molecular complexity index is 1040. The molecule has 1 aromatic heterocycles. The molecule has 1 saturated carbocycles. The number of hydrogen-bond donors (Lipinski definition) is 3. The lowest BCUT2D eigenvalue weighted by molar-refractivity contribution is 0.0246. The molecule has 0 radical (unpaired) electrons. The zero-order chi connectivity index (χ0) is 22.4. The third-order valence-corrected chi connectivity index (χ3v) is 5.93. The molecule has 0 saturated heterocycles. The van der Waals surface area contributed by atoms with Gasteiger partial charge in [0.15, 0.2) is 0 Å². The molecule has 1 fully saturated rings. The van der Waals surface area contributed by atoms with Crippen molar-refractivity contribution in [2.45, 2.75) is 57.1 Å². The van der Waals surface area contributed by atoms with Gasteiger partial charge in [0.25, 0.3) is 11.5 Å². The van der Waals surface area contributed by atoms with E-state index in [0.717, 1.165) is 41.1 Å². The maximum atomic E-state index is 12.8. The predicted molar refractivity (Wildman–Crippen MR) is 118 cm³/mol. The average molecular weight is 450 g/mol. The van der Waals surface area contributed by atoms with Crippen LogP contribution in [0.5, 0.6) is 0 Å². The Balaban J connectivity index is 1.84. The van der Waals surface area contributed by atoms with E-state index in [4.69, 9.17) is 17.3 Å². The number of aliphatic hydroxyl groups is 1. The number of nitrogens with zero attached hydrogens (tertiary/aromatic N) is 3. The van der Waals surface area contributed by atoms with Gasteiger partial charge in [-0.3, -0.25) is 14.2 Å². The van der Waals surface area contributed by atoms with Gasteiger partial charge in [-0.25, -0.2) is 4.79 Å². The molecule has 2 aromatic rings. The Morgan fingerprint density at radius 2 is 1.94 bits per heavy atom. The number of amides is 1. The molecule has 1 aliphatic carbocycles. The Labute approximate surface area is 184 Å². The van der Waals surface area contributed by atoms with Gasteiger partial charge in [0.1, 0.15) is 6.20 Å². The topological polar surface area (TPSA) is 132 Å². The molecule has 1 aliphatic rings. The fourth-order valence-electron chi connectivity index (χ4n) is 3.79. The summed E-state index contributed by atoms with van der Waals surface area (Å²) in [5, 5.41) is 17.7. The van der Waals surface area contributed by atoms with Crippen LogP contribution in [-0.2, 0) is 6.54 Å². The predicted octanol–water partition coefficient (Wildman–Crippen LogP) is 1.21. The van der Waals surface area contributed by atoms with Crippen LogP contribution < -0.4 is 22.3 Å². The Hall–Kier alpha value is -2.49.